The fraction of sp³-hybridized carbons (Fsp3) is 0.370. The predicted octanol–water partition coefficient (Wildman–Crippen LogP) is 3.66. The minimum Gasteiger partial charge on any atom is -0.493 e. The summed E-state index contributed by atoms with van der Waals surface area (Å²) < 4.78 is 18.6. The highest BCUT2D eigenvalue weighted by atomic mass is 16.5. The number of carbonyl (C=O) groups is 2. The molecule has 0 bridgehead atoms. The van der Waals surface area contributed by atoms with Crippen LogP contribution in [-0.4, -0.2) is 53.6 Å². The number of nitrogens with one attached hydrogen (secondary N) is 1. The molecule has 1 N–H and O–H groups in total. The summed E-state index contributed by atoms with van der Waals surface area (Å²) >= 11 is 0. The van der Waals surface area contributed by atoms with E-state index in [9.17, 15) is 9.59 Å². The predicted molar refractivity (Wildman–Crippen MR) is 133 cm³/mol. The van der Waals surface area contributed by atoms with Crippen molar-refractivity contribution in [1.82, 2.24) is 14.5 Å². The lowest BCUT2D eigenvalue weighted by atomic mass is 9.95. The van der Waals surface area contributed by atoms with Gasteiger partial charge >= 0.3 is 0 Å². The van der Waals surface area contributed by atoms with Gasteiger partial charge in [-0.3, -0.25) is 9.59 Å². The first-order valence-electron chi connectivity index (χ1n) is 12.1. The highest BCUT2D eigenvalue weighted by Gasteiger charge is 2.32. The number of anilines is 1. The lowest BCUT2D eigenvalue weighted by Crippen LogP contribution is -2.42. The van der Waals surface area contributed by atoms with Gasteiger partial charge in [0.25, 0.3) is 5.91 Å². The number of benzene rings is 2. The fourth-order valence-corrected chi connectivity index (χ4v) is 4.83. The van der Waals surface area contributed by atoms with Crippen LogP contribution in [-0.2, 0) is 22.7 Å². The number of fused-ring (bicyclic) bond motifs is 1. The largest absolute Gasteiger partial charge is 0.493 e. The number of hydrogen-bond donors (Lipinski definition) is 1. The molecule has 0 saturated carbocycles. The average molecular weight is 491 g/mol. The Morgan fingerprint density at radius 3 is 2.50 bits per heavy atom. The van der Waals surface area contributed by atoms with Gasteiger partial charge in [-0.1, -0.05) is 30.3 Å². The van der Waals surface area contributed by atoms with Crippen molar-refractivity contribution in [3.05, 3.63) is 71.8 Å². The van der Waals surface area contributed by atoms with Crippen molar-refractivity contribution in [3.63, 3.8) is 0 Å². The maximum absolute atomic E-state index is 13.3. The molecule has 2 aromatic carbocycles. The first kappa shape index (κ1) is 23.9. The molecule has 188 valence electrons. The van der Waals surface area contributed by atoms with Gasteiger partial charge in [0.15, 0.2) is 17.2 Å². The van der Waals surface area contributed by atoms with Crippen LogP contribution in [0.15, 0.2) is 54.9 Å². The number of rotatable bonds is 6. The molecule has 0 unspecified atom stereocenters. The second-order valence-electron chi connectivity index (χ2n) is 9.03. The van der Waals surface area contributed by atoms with E-state index in [2.05, 4.69) is 10.3 Å². The molecular formula is C27H30N4O5. The number of methoxy groups -OCH3 is 2. The minimum absolute atomic E-state index is 0.0595. The number of carbonyl (C=O) groups excluding carboxylic acids is 2. The highest BCUT2D eigenvalue weighted by Crippen LogP contribution is 2.31. The van der Waals surface area contributed by atoms with Crippen molar-refractivity contribution in [1.29, 1.82) is 0 Å². The topological polar surface area (TPSA) is 94.9 Å². The quantitative estimate of drug-likeness (QED) is 0.567. The first-order chi connectivity index (χ1) is 17.6. The van der Waals surface area contributed by atoms with Gasteiger partial charge in [-0.25, -0.2) is 4.98 Å². The smallest absolute Gasteiger partial charge is 0.274 e. The molecule has 36 heavy (non-hydrogen) atoms. The summed E-state index contributed by atoms with van der Waals surface area (Å²) in [7, 11) is 3.13. The number of ether oxygens (including phenoxy) is 3. The Morgan fingerprint density at radius 1 is 1.03 bits per heavy atom. The van der Waals surface area contributed by atoms with Gasteiger partial charge in [0.2, 0.25) is 5.91 Å². The normalized spacial score (nSPS) is 17.8. The molecule has 1 saturated heterocycles. The SMILES string of the molecule is COc1ccc(NC(=O)C2CCN(C(=O)c3ncn4c3CO[C@H](c3ccccc3)C4)CC2)cc1OC. The molecule has 0 aliphatic carbocycles. The number of piperidine rings is 1. The summed E-state index contributed by atoms with van der Waals surface area (Å²) in [6.45, 7) is 1.97. The van der Waals surface area contributed by atoms with Gasteiger partial charge in [-0.2, -0.15) is 0 Å². The molecule has 9 nitrogen and oxygen atoms in total. The van der Waals surface area contributed by atoms with E-state index in [-0.39, 0.29) is 23.8 Å². The van der Waals surface area contributed by atoms with Crippen LogP contribution in [0.5, 0.6) is 11.5 Å². The Hall–Kier alpha value is -3.85. The molecule has 0 radical (unpaired) electrons. The Balaban J connectivity index is 1.18. The second-order valence-corrected chi connectivity index (χ2v) is 9.03. The number of hydrogen-bond acceptors (Lipinski definition) is 6. The molecule has 2 aliphatic heterocycles. The zero-order chi connectivity index (χ0) is 25.1. The summed E-state index contributed by atoms with van der Waals surface area (Å²) in [5.41, 5.74) is 3.00. The van der Waals surface area contributed by atoms with Crippen LogP contribution < -0.4 is 14.8 Å². The number of aromatic nitrogens is 2. The van der Waals surface area contributed by atoms with Crippen LogP contribution in [0.1, 0.15) is 40.7 Å². The molecule has 3 heterocycles. The Kier molecular flexibility index (Phi) is 6.90. The van der Waals surface area contributed by atoms with Gasteiger partial charge in [0.1, 0.15) is 6.10 Å². The van der Waals surface area contributed by atoms with Gasteiger partial charge in [0, 0.05) is 30.8 Å². The van der Waals surface area contributed by atoms with E-state index in [0.29, 0.717) is 62.0 Å². The van der Waals surface area contributed by atoms with Gasteiger partial charge < -0.3 is 29.0 Å². The Bertz CT molecular complexity index is 1230. The van der Waals surface area contributed by atoms with Gasteiger partial charge in [-0.05, 0) is 30.5 Å². The molecule has 1 fully saturated rings. The first-order valence-corrected chi connectivity index (χ1v) is 12.1. The van der Waals surface area contributed by atoms with Crippen molar-refractivity contribution in [3.8, 4) is 11.5 Å². The summed E-state index contributed by atoms with van der Waals surface area (Å²) in [4.78, 5) is 32.3. The van der Waals surface area contributed by atoms with Crippen LogP contribution in [0.4, 0.5) is 5.69 Å². The van der Waals surface area contributed by atoms with Gasteiger partial charge in [0.05, 0.1) is 39.4 Å². The Morgan fingerprint density at radius 2 is 1.78 bits per heavy atom. The second kappa shape index (κ2) is 10.4. The van der Waals surface area contributed by atoms with Crippen LogP contribution in [0.25, 0.3) is 0 Å². The van der Waals surface area contributed by atoms with E-state index in [0.717, 1.165) is 11.3 Å². The van der Waals surface area contributed by atoms with Crippen molar-refractivity contribution in [2.24, 2.45) is 5.92 Å². The number of likely N-dealkylation sites (tertiary alicyclic amines) is 1. The van der Waals surface area contributed by atoms with Crippen LogP contribution in [0.2, 0.25) is 0 Å². The van der Waals surface area contributed by atoms with E-state index in [4.69, 9.17) is 14.2 Å². The number of amides is 2. The average Bonchev–Trinajstić information content (AvgIpc) is 3.36. The fourth-order valence-electron chi connectivity index (χ4n) is 4.83. The third-order valence-electron chi connectivity index (χ3n) is 6.91. The van der Waals surface area contributed by atoms with Gasteiger partial charge in [-0.15, -0.1) is 0 Å². The van der Waals surface area contributed by atoms with Crippen molar-refractivity contribution in [2.45, 2.75) is 32.1 Å². The molecule has 9 heteroatoms. The summed E-state index contributed by atoms with van der Waals surface area (Å²) in [6.07, 6.45) is 2.85. The van der Waals surface area contributed by atoms with Crippen LogP contribution >= 0.6 is 0 Å². The molecule has 5 rings (SSSR count). The summed E-state index contributed by atoms with van der Waals surface area (Å²) in [6, 6.07) is 15.3. The Labute approximate surface area is 210 Å². The third-order valence-corrected chi connectivity index (χ3v) is 6.91. The monoisotopic (exact) mass is 490 g/mol. The lowest BCUT2D eigenvalue weighted by molar-refractivity contribution is -0.121. The van der Waals surface area contributed by atoms with Crippen molar-refractivity contribution in [2.75, 3.05) is 32.6 Å². The van der Waals surface area contributed by atoms with E-state index in [1.165, 1.54) is 0 Å². The number of imidazole rings is 1. The van der Waals surface area contributed by atoms with E-state index >= 15 is 0 Å². The molecule has 2 amide bonds. The zero-order valence-corrected chi connectivity index (χ0v) is 20.5. The maximum atomic E-state index is 13.3. The minimum atomic E-state index is -0.173. The van der Waals surface area contributed by atoms with Crippen LogP contribution in [0.3, 0.4) is 0 Å². The summed E-state index contributed by atoms with van der Waals surface area (Å²) in [5, 5.41) is 2.96. The van der Waals surface area contributed by atoms with Crippen LogP contribution in [0, 0.1) is 5.92 Å². The standard InChI is InChI=1S/C27H30N4O5/c1-34-22-9-8-20(14-23(22)35-2)29-26(32)19-10-12-30(13-11-19)27(33)25-21-16-36-24(15-31(21)17-28-25)18-6-4-3-5-7-18/h3-9,14,17,19,24H,10-13,15-16H2,1-2H3,(H,29,32)/t24-/m0/s1. The molecule has 2 aliphatic rings. The molecule has 0 spiro atoms. The van der Waals surface area contributed by atoms with E-state index < -0.39 is 0 Å². The molecule has 1 atom stereocenters. The molecule has 1 aromatic heterocycles. The molecule has 3 aromatic rings. The number of nitrogens with zero attached hydrogens (tertiary/aromatic N) is 3. The molecular weight excluding hydrogens is 460 g/mol. The lowest BCUT2D eigenvalue weighted by Gasteiger charge is -2.31. The van der Waals surface area contributed by atoms with E-state index in [1.54, 1.807) is 43.6 Å². The third kappa shape index (κ3) is 4.79. The zero-order valence-electron chi connectivity index (χ0n) is 20.5. The summed E-state index contributed by atoms with van der Waals surface area (Å²) in [5.74, 6) is 0.814. The maximum Gasteiger partial charge on any atom is 0.274 e. The van der Waals surface area contributed by atoms with Crippen molar-refractivity contribution >= 4 is 17.5 Å². The van der Waals surface area contributed by atoms with Crippen molar-refractivity contribution < 1.29 is 23.8 Å². The highest BCUT2D eigenvalue weighted by molar-refractivity contribution is 5.95. The van der Waals surface area contributed by atoms with E-state index in [1.807, 2.05) is 34.9 Å².